The highest BCUT2D eigenvalue weighted by Crippen LogP contribution is 2.22. The minimum atomic E-state index is -0.807. The number of carbonyl (C=O) groups is 2. The molecule has 0 aliphatic heterocycles. The maximum Gasteiger partial charge on any atom is 0.242 e. The lowest BCUT2D eigenvalue weighted by Gasteiger charge is -2.16. The molecule has 2 atom stereocenters. The van der Waals surface area contributed by atoms with E-state index in [1.807, 2.05) is 60.9 Å². The van der Waals surface area contributed by atoms with Crippen molar-refractivity contribution in [3.63, 3.8) is 0 Å². The third-order valence-corrected chi connectivity index (χ3v) is 6.21. The normalized spacial score (nSPS) is 12.9. The summed E-state index contributed by atoms with van der Waals surface area (Å²) in [6.07, 6.45) is 5.96. The van der Waals surface area contributed by atoms with Gasteiger partial charge in [-0.05, 0) is 48.2 Å². The van der Waals surface area contributed by atoms with Gasteiger partial charge in [-0.25, -0.2) is 4.98 Å². The first-order valence-corrected chi connectivity index (χ1v) is 11.7. The van der Waals surface area contributed by atoms with Crippen LogP contribution in [0.5, 0.6) is 0 Å². The number of H-pyrrole nitrogens is 2. The quantitative estimate of drug-likeness (QED) is 0.201. The fraction of sp³-hybridized carbons (Fsp3) is 0.148. The highest BCUT2D eigenvalue weighted by molar-refractivity contribution is 6.02. The van der Waals surface area contributed by atoms with Crippen molar-refractivity contribution in [2.45, 2.75) is 24.9 Å². The number of benzene rings is 2. The molecule has 0 radical (unpaired) electrons. The molecule has 0 spiro atoms. The molecule has 9 heteroatoms. The van der Waals surface area contributed by atoms with E-state index in [4.69, 9.17) is 11.5 Å². The van der Waals surface area contributed by atoms with Crippen LogP contribution in [-0.4, -0.2) is 38.8 Å². The fourth-order valence-corrected chi connectivity index (χ4v) is 4.30. The first kappa shape index (κ1) is 23.3. The Morgan fingerprint density at radius 2 is 1.28 bits per heavy atom. The zero-order valence-electron chi connectivity index (χ0n) is 19.5. The number of amides is 2. The van der Waals surface area contributed by atoms with Crippen molar-refractivity contribution in [3.05, 3.63) is 90.4 Å². The second-order valence-corrected chi connectivity index (χ2v) is 8.72. The fourth-order valence-electron chi connectivity index (χ4n) is 4.30. The molecule has 36 heavy (non-hydrogen) atoms. The molecule has 0 aliphatic carbocycles. The average molecular weight is 482 g/mol. The van der Waals surface area contributed by atoms with Crippen molar-refractivity contribution >= 4 is 45.1 Å². The van der Waals surface area contributed by atoms with E-state index in [2.05, 4.69) is 25.6 Å². The molecule has 182 valence electrons. The summed E-state index contributed by atoms with van der Waals surface area (Å²) in [6, 6.07) is 17.4. The number of para-hydroxylation sites is 2. The lowest BCUT2D eigenvalue weighted by Crippen LogP contribution is -2.39. The summed E-state index contributed by atoms with van der Waals surface area (Å²) in [5, 5.41) is 7.58. The number of aromatic amines is 2. The van der Waals surface area contributed by atoms with E-state index >= 15 is 0 Å². The summed E-state index contributed by atoms with van der Waals surface area (Å²) in [7, 11) is 0. The number of fused-ring (bicyclic) bond motifs is 2. The number of carbonyl (C=O) groups excluding carboxylic acids is 2. The SMILES string of the molecule is N[C@@H](Cc1c[nH]c2ccccc12)C(=O)Nc1cccnc1NC(=O)[C@@H](N)Cc1c[nH]c2ccccc12. The molecule has 3 aromatic heterocycles. The third kappa shape index (κ3) is 4.83. The van der Waals surface area contributed by atoms with E-state index < -0.39 is 18.0 Å². The van der Waals surface area contributed by atoms with Crippen LogP contribution in [0, 0.1) is 0 Å². The zero-order chi connectivity index (χ0) is 25.1. The number of nitrogens with two attached hydrogens (primary N) is 2. The van der Waals surface area contributed by atoms with Crippen LogP contribution in [0.25, 0.3) is 21.8 Å². The molecular formula is C27H27N7O2. The lowest BCUT2D eigenvalue weighted by molar-refractivity contribution is -0.118. The summed E-state index contributed by atoms with van der Waals surface area (Å²) in [5.41, 5.74) is 16.6. The maximum absolute atomic E-state index is 12.9. The number of hydrogen-bond donors (Lipinski definition) is 6. The number of hydrogen-bond acceptors (Lipinski definition) is 5. The summed E-state index contributed by atoms with van der Waals surface area (Å²) in [4.78, 5) is 36.3. The van der Waals surface area contributed by atoms with Crippen LogP contribution in [0.4, 0.5) is 11.5 Å². The van der Waals surface area contributed by atoms with E-state index in [9.17, 15) is 9.59 Å². The molecule has 5 aromatic rings. The van der Waals surface area contributed by atoms with Gasteiger partial charge in [0.1, 0.15) is 0 Å². The molecule has 5 rings (SSSR count). The lowest BCUT2D eigenvalue weighted by atomic mass is 10.0. The minimum Gasteiger partial charge on any atom is -0.361 e. The molecule has 0 saturated heterocycles. The van der Waals surface area contributed by atoms with Crippen molar-refractivity contribution < 1.29 is 9.59 Å². The first-order valence-electron chi connectivity index (χ1n) is 11.7. The highest BCUT2D eigenvalue weighted by Gasteiger charge is 2.21. The Kier molecular flexibility index (Phi) is 6.48. The third-order valence-electron chi connectivity index (χ3n) is 6.21. The Bertz CT molecular complexity index is 1420. The van der Waals surface area contributed by atoms with E-state index in [1.54, 1.807) is 12.1 Å². The summed E-state index contributed by atoms with van der Waals surface area (Å²) in [6.45, 7) is 0. The van der Waals surface area contributed by atoms with Crippen molar-refractivity contribution in [3.8, 4) is 0 Å². The first-order chi connectivity index (χ1) is 17.5. The molecular weight excluding hydrogens is 454 g/mol. The number of rotatable bonds is 8. The van der Waals surface area contributed by atoms with Gasteiger partial charge in [0.25, 0.3) is 0 Å². The van der Waals surface area contributed by atoms with Gasteiger partial charge in [0.05, 0.1) is 17.8 Å². The monoisotopic (exact) mass is 481 g/mol. The van der Waals surface area contributed by atoms with Gasteiger partial charge in [-0.15, -0.1) is 0 Å². The molecule has 2 aromatic carbocycles. The Morgan fingerprint density at radius 1 is 0.750 bits per heavy atom. The molecule has 0 unspecified atom stereocenters. The van der Waals surface area contributed by atoms with Crippen LogP contribution < -0.4 is 22.1 Å². The van der Waals surface area contributed by atoms with Crippen LogP contribution in [0.1, 0.15) is 11.1 Å². The number of nitrogens with zero attached hydrogens (tertiary/aromatic N) is 1. The van der Waals surface area contributed by atoms with Gasteiger partial charge in [-0.1, -0.05) is 36.4 Å². The van der Waals surface area contributed by atoms with Crippen molar-refractivity contribution in [2.75, 3.05) is 10.6 Å². The van der Waals surface area contributed by atoms with Gasteiger partial charge in [0.2, 0.25) is 11.8 Å². The summed E-state index contributed by atoms with van der Waals surface area (Å²) < 4.78 is 0. The zero-order valence-corrected chi connectivity index (χ0v) is 19.5. The molecule has 0 saturated carbocycles. The van der Waals surface area contributed by atoms with Gasteiger partial charge < -0.3 is 32.1 Å². The van der Waals surface area contributed by atoms with Crippen molar-refractivity contribution in [1.82, 2.24) is 15.0 Å². The Labute approximate surface area is 207 Å². The van der Waals surface area contributed by atoms with Gasteiger partial charge in [-0.3, -0.25) is 9.59 Å². The average Bonchev–Trinajstić information content (AvgIpc) is 3.49. The summed E-state index contributed by atoms with van der Waals surface area (Å²) in [5.74, 6) is -0.575. The molecule has 2 amide bonds. The molecule has 0 aliphatic rings. The van der Waals surface area contributed by atoms with Crippen LogP contribution >= 0.6 is 0 Å². The van der Waals surface area contributed by atoms with Crippen LogP contribution in [0.2, 0.25) is 0 Å². The molecule has 3 heterocycles. The summed E-state index contributed by atoms with van der Waals surface area (Å²) >= 11 is 0. The van der Waals surface area contributed by atoms with Crippen LogP contribution in [0.15, 0.2) is 79.3 Å². The molecule has 8 N–H and O–H groups in total. The van der Waals surface area contributed by atoms with E-state index in [0.717, 1.165) is 32.9 Å². The van der Waals surface area contributed by atoms with Gasteiger partial charge in [0, 0.05) is 40.4 Å². The van der Waals surface area contributed by atoms with Crippen LogP contribution in [0.3, 0.4) is 0 Å². The van der Waals surface area contributed by atoms with E-state index in [1.165, 1.54) is 6.20 Å². The second-order valence-electron chi connectivity index (χ2n) is 8.72. The van der Waals surface area contributed by atoms with E-state index in [0.29, 0.717) is 18.5 Å². The molecule has 0 bridgehead atoms. The number of anilines is 2. The topological polar surface area (TPSA) is 155 Å². The molecule has 9 nitrogen and oxygen atoms in total. The van der Waals surface area contributed by atoms with Crippen molar-refractivity contribution in [1.29, 1.82) is 0 Å². The Morgan fingerprint density at radius 3 is 1.86 bits per heavy atom. The Hall–Kier alpha value is -4.47. The largest absolute Gasteiger partial charge is 0.361 e. The highest BCUT2D eigenvalue weighted by atomic mass is 16.2. The number of nitrogens with one attached hydrogen (secondary N) is 4. The number of pyridine rings is 1. The second kappa shape index (κ2) is 10.0. The Balaban J connectivity index is 1.24. The van der Waals surface area contributed by atoms with Gasteiger partial charge in [0.15, 0.2) is 5.82 Å². The maximum atomic E-state index is 12.9. The van der Waals surface area contributed by atoms with Crippen molar-refractivity contribution in [2.24, 2.45) is 11.5 Å². The molecule has 0 fully saturated rings. The standard InChI is InChI=1S/C27H27N7O2/c28-20(12-16-14-31-22-8-3-1-6-18(16)22)26(35)33-24-10-5-11-30-25(24)34-27(36)21(29)13-17-15-32-23-9-4-2-7-19(17)23/h1-11,14-15,20-21,31-32H,12-13,28-29H2,(H,33,35)(H,30,34,36)/t20-,21-/m0/s1. The minimum absolute atomic E-state index is 0.213. The van der Waals surface area contributed by atoms with Gasteiger partial charge in [-0.2, -0.15) is 0 Å². The predicted octanol–water partition coefficient (Wildman–Crippen LogP) is 3.06. The van der Waals surface area contributed by atoms with Crippen LogP contribution in [-0.2, 0) is 22.4 Å². The van der Waals surface area contributed by atoms with Gasteiger partial charge >= 0.3 is 0 Å². The number of aromatic nitrogens is 3. The predicted molar refractivity (Wildman–Crippen MR) is 141 cm³/mol. The van der Waals surface area contributed by atoms with E-state index in [-0.39, 0.29) is 11.7 Å². The smallest absolute Gasteiger partial charge is 0.242 e.